The normalized spacial score (nSPS) is 19.1. The van der Waals surface area contributed by atoms with E-state index in [9.17, 15) is 4.79 Å². The van der Waals surface area contributed by atoms with Crippen LogP contribution in [0.5, 0.6) is 0 Å². The molecule has 1 aliphatic rings. The number of likely N-dealkylation sites (N-methyl/N-ethyl adjacent to an activating group) is 1. The van der Waals surface area contributed by atoms with Crippen molar-refractivity contribution < 1.29 is 4.79 Å². The maximum absolute atomic E-state index is 12.6. The Bertz CT molecular complexity index is 377. The average Bonchev–Trinajstić information content (AvgIpc) is 2.89. The molecule has 0 spiro atoms. The molecule has 1 saturated carbocycles. The molecule has 0 N–H and O–H groups in total. The number of hydrogen-bond acceptors (Lipinski definition) is 3. The molecule has 1 aromatic rings. The maximum Gasteiger partial charge on any atom is 0.153 e. The van der Waals surface area contributed by atoms with Crippen molar-refractivity contribution in [2.24, 2.45) is 0 Å². The molecular formula is C15H23NOS. The number of carbonyl (C=O) groups excluding carboxylic acids is 1. The van der Waals surface area contributed by atoms with Gasteiger partial charge in [0, 0.05) is 6.42 Å². The Kier molecular flexibility index (Phi) is 4.57. The van der Waals surface area contributed by atoms with Crippen molar-refractivity contribution >= 4 is 17.1 Å². The van der Waals surface area contributed by atoms with Gasteiger partial charge in [-0.15, -0.1) is 0 Å². The summed E-state index contributed by atoms with van der Waals surface area (Å²) < 4.78 is 0. The predicted octanol–water partition coefficient (Wildman–Crippen LogP) is 3.51. The van der Waals surface area contributed by atoms with Gasteiger partial charge in [0.25, 0.3) is 0 Å². The number of ketones is 1. The highest BCUT2D eigenvalue weighted by atomic mass is 32.1. The van der Waals surface area contributed by atoms with Gasteiger partial charge in [-0.1, -0.05) is 19.3 Å². The second-order valence-electron chi connectivity index (χ2n) is 5.54. The number of carbonyl (C=O) groups is 1. The van der Waals surface area contributed by atoms with Crippen molar-refractivity contribution in [1.82, 2.24) is 4.90 Å². The molecule has 0 aliphatic heterocycles. The molecule has 1 heterocycles. The first-order valence-electron chi connectivity index (χ1n) is 6.87. The van der Waals surface area contributed by atoms with E-state index in [0.717, 1.165) is 19.3 Å². The number of hydrogen-bond donors (Lipinski definition) is 0. The molecule has 1 aromatic heterocycles. The third kappa shape index (κ3) is 2.83. The van der Waals surface area contributed by atoms with Crippen molar-refractivity contribution in [3.63, 3.8) is 0 Å². The minimum Gasteiger partial charge on any atom is -0.298 e. The van der Waals surface area contributed by atoms with E-state index in [-0.39, 0.29) is 5.54 Å². The van der Waals surface area contributed by atoms with Crippen LogP contribution in [0.1, 0.15) is 44.1 Å². The first-order valence-corrected chi connectivity index (χ1v) is 7.81. The van der Waals surface area contributed by atoms with E-state index in [0.29, 0.717) is 12.2 Å². The van der Waals surface area contributed by atoms with Gasteiger partial charge < -0.3 is 0 Å². The average molecular weight is 265 g/mol. The minimum atomic E-state index is -0.172. The standard InChI is InChI=1S/C15H23NOS/c1-16(2)15(9-4-3-5-10-15)14(17)7-6-13-8-11-18-12-13/h8,11-12H,3-7,9-10H2,1-2H3. The number of Topliss-reactive ketones (excluding diaryl/α,β-unsaturated/α-hetero) is 1. The summed E-state index contributed by atoms with van der Waals surface area (Å²) in [5.74, 6) is 0.443. The van der Waals surface area contributed by atoms with Crippen LogP contribution in [0.2, 0.25) is 0 Å². The Balaban J connectivity index is 1.99. The molecule has 1 aliphatic carbocycles. The summed E-state index contributed by atoms with van der Waals surface area (Å²) in [5, 5.41) is 4.23. The van der Waals surface area contributed by atoms with Gasteiger partial charge in [0.05, 0.1) is 5.54 Å². The van der Waals surface area contributed by atoms with Crippen LogP contribution in [0.4, 0.5) is 0 Å². The second kappa shape index (κ2) is 5.98. The van der Waals surface area contributed by atoms with Crippen LogP contribution >= 0.6 is 11.3 Å². The summed E-state index contributed by atoms with van der Waals surface area (Å²) in [4.78, 5) is 14.8. The Morgan fingerprint density at radius 2 is 2.06 bits per heavy atom. The lowest BCUT2D eigenvalue weighted by atomic mass is 9.76. The molecule has 1 fully saturated rings. The summed E-state index contributed by atoms with van der Waals surface area (Å²) >= 11 is 1.71. The molecule has 3 heteroatoms. The second-order valence-corrected chi connectivity index (χ2v) is 6.32. The highest BCUT2D eigenvalue weighted by Crippen LogP contribution is 2.34. The Hall–Kier alpha value is -0.670. The predicted molar refractivity (Wildman–Crippen MR) is 77.2 cm³/mol. The largest absolute Gasteiger partial charge is 0.298 e. The van der Waals surface area contributed by atoms with Crippen LogP contribution in [0, 0.1) is 0 Å². The van der Waals surface area contributed by atoms with Crippen molar-refractivity contribution in [2.75, 3.05) is 14.1 Å². The third-order valence-electron chi connectivity index (χ3n) is 4.28. The molecule has 100 valence electrons. The Morgan fingerprint density at radius 3 is 2.61 bits per heavy atom. The SMILES string of the molecule is CN(C)C1(C(=O)CCc2ccsc2)CCCCC1. The van der Waals surface area contributed by atoms with Crippen molar-refractivity contribution in [3.05, 3.63) is 22.4 Å². The van der Waals surface area contributed by atoms with Gasteiger partial charge in [0.2, 0.25) is 0 Å². The Labute approximate surface area is 114 Å². The number of rotatable bonds is 5. The molecule has 0 radical (unpaired) electrons. The first-order chi connectivity index (χ1) is 8.65. The van der Waals surface area contributed by atoms with Crippen LogP contribution < -0.4 is 0 Å². The quantitative estimate of drug-likeness (QED) is 0.812. The summed E-state index contributed by atoms with van der Waals surface area (Å²) in [6.07, 6.45) is 7.36. The van der Waals surface area contributed by atoms with Crippen LogP contribution in [-0.4, -0.2) is 30.3 Å². The van der Waals surface area contributed by atoms with E-state index in [1.807, 2.05) is 0 Å². The molecule has 0 saturated heterocycles. The maximum atomic E-state index is 12.6. The lowest BCUT2D eigenvalue weighted by Gasteiger charge is -2.41. The smallest absolute Gasteiger partial charge is 0.153 e. The van der Waals surface area contributed by atoms with Gasteiger partial charge in [-0.3, -0.25) is 9.69 Å². The van der Waals surface area contributed by atoms with E-state index < -0.39 is 0 Å². The highest BCUT2D eigenvalue weighted by molar-refractivity contribution is 7.07. The van der Waals surface area contributed by atoms with E-state index >= 15 is 0 Å². The number of thiophene rings is 1. The molecule has 0 atom stereocenters. The fraction of sp³-hybridized carbons (Fsp3) is 0.667. The van der Waals surface area contributed by atoms with Crippen LogP contribution in [-0.2, 0) is 11.2 Å². The van der Waals surface area contributed by atoms with Gasteiger partial charge in [0.1, 0.15) is 0 Å². The molecule has 0 unspecified atom stereocenters. The minimum absolute atomic E-state index is 0.172. The van der Waals surface area contributed by atoms with E-state index in [4.69, 9.17) is 0 Å². The fourth-order valence-corrected chi connectivity index (χ4v) is 3.74. The summed E-state index contributed by atoms with van der Waals surface area (Å²) in [6.45, 7) is 0. The van der Waals surface area contributed by atoms with Crippen molar-refractivity contribution in [2.45, 2.75) is 50.5 Å². The fourth-order valence-electron chi connectivity index (χ4n) is 3.04. The molecule has 18 heavy (non-hydrogen) atoms. The van der Waals surface area contributed by atoms with Crippen LogP contribution in [0.25, 0.3) is 0 Å². The van der Waals surface area contributed by atoms with Crippen LogP contribution in [0.3, 0.4) is 0 Å². The summed E-state index contributed by atoms with van der Waals surface area (Å²) in [6, 6.07) is 2.13. The molecule has 0 amide bonds. The molecule has 2 nitrogen and oxygen atoms in total. The lowest BCUT2D eigenvalue weighted by molar-refractivity contribution is -0.131. The van der Waals surface area contributed by atoms with Gasteiger partial charge in [-0.25, -0.2) is 0 Å². The zero-order chi connectivity index (χ0) is 13.0. The first kappa shape index (κ1) is 13.8. The zero-order valence-corrected chi connectivity index (χ0v) is 12.3. The lowest BCUT2D eigenvalue weighted by Crippen LogP contribution is -2.52. The van der Waals surface area contributed by atoms with Gasteiger partial charge in [0.15, 0.2) is 5.78 Å². The molecule has 2 rings (SSSR count). The summed E-state index contributed by atoms with van der Waals surface area (Å²) in [7, 11) is 4.13. The summed E-state index contributed by atoms with van der Waals surface area (Å²) in [5.41, 5.74) is 1.13. The number of nitrogens with zero attached hydrogens (tertiary/aromatic N) is 1. The van der Waals surface area contributed by atoms with E-state index in [1.54, 1.807) is 11.3 Å². The Morgan fingerprint density at radius 1 is 1.33 bits per heavy atom. The van der Waals surface area contributed by atoms with Crippen molar-refractivity contribution in [1.29, 1.82) is 0 Å². The molecular weight excluding hydrogens is 242 g/mol. The van der Waals surface area contributed by atoms with Gasteiger partial charge >= 0.3 is 0 Å². The zero-order valence-electron chi connectivity index (χ0n) is 11.4. The molecule has 0 bridgehead atoms. The number of aryl methyl sites for hydroxylation is 1. The van der Waals surface area contributed by atoms with E-state index in [1.165, 1.54) is 24.8 Å². The molecule has 0 aromatic carbocycles. The third-order valence-corrected chi connectivity index (χ3v) is 5.01. The van der Waals surface area contributed by atoms with Gasteiger partial charge in [-0.05, 0) is 55.7 Å². The highest BCUT2D eigenvalue weighted by Gasteiger charge is 2.40. The van der Waals surface area contributed by atoms with Gasteiger partial charge in [-0.2, -0.15) is 11.3 Å². The van der Waals surface area contributed by atoms with E-state index in [2.05, 4.69) is 35.8 Å². The van der Waals surface area contributed by atoms with Crippen LogP contribution in [0.15, 0.2) is 16.8 Å². The monoisotopic (exact) mass is 265 g/mol. The van der Waals surface area contributed by atoms with Crippen molar-refractivity contribution in [3.8, 4) is 0 Å². The topological polar surface area (TPSA) is 20.3 Å².